The van der Waals surface area contributed by atoms with Crippen molar-refractivity contribution in [2.75, 3.05) is 19.7 Å². The highest BCUT2D eigenvalue weighted by Crippen LogP contribution is 1.99. The molecule has 0 saturated heterocycles. The number of aliphatic hydroxyl groups is 2. The predicted octanol–water partition coefficient (Wildman–Crippen LogP) is -0.650. The van der Waals surface area contributed by atoms with E-state index in [0.717, 1.165) is 6.08 Å². The molecule has 1 unspecified atom stereocenters. The van der Waals surface area contributed by atoms with Crippen LogP contribution in [-0.4, -0.2) is 46.6 Å². The molecule has 82 valence electrons. The summed E-state index contributed by atoms with van der Waals surface area (Å²) in [6.45, 7) is 3.43. The lowest BCUT2D eigenvalue weighted by atomic mass is 10.1. The zero-order chi connectivity index (χ0) is 11.2. The van der Waals surface area contributed by atoms with Crippen molar-refractivity contribution in [3.8, 4) is 0 Å². The Kier molecular flexibility index (Phi) is 5.37. The molecule has 1 atom stereocenters. The van der Waals surface area contributed by atoms with E-state index in [1.54, 1.807) is 6.92 Å². The van der Waals surface area contributed by atoms with Gasteiger partial charge in [-0.1, -0.05) is 5.57 Å². The highest BCUT2D eigenvalue weighted by atomic mass is 16.4. The van der Waals surface area contributed by atoms with Gasteiger partial charge < -0.3 is 20.6 Å². The highest BCUT2D eigenvalue weighted by Gasteiger charge is 2.17. The van der Waals surface area contributed by atoms with Gasteiger partial charge in [-0.15, -0.1) is 0 Å². The van der Waals surface area contributed by atoms with Crippen molar-refractivity contribution in [3.05, 3.63) is 11.6 Å². The molecule has 4 N–H and O–H groups in total. The molecule has 0 aliphatic carbocycles. The van der Waals surface area contributed by atoms with E-state index in [1.807, 2.05) is 0 Å². The summed E-state index contributed by atoms with van der Waals surface area (Å²) < 4.78 is 0. The quantitative estimate of drug-likeness (QED) is 0.431. The molecule has 0 fully saturated rings. The van der Waals surface area contributed by atoms with Gasteiger partial charge in [0.05, 0.1) is 12.2 Å². The molecular formula is C9H17NO4. The summed E-state index contributed by atoms with van der Waals surface area (Å²) in [6.07, 6.45) is 1.10. The molecule has 0 saturated carbocycles. The Morgan fingerprint density at radius 1 is 1.57 bits per heavy atom. The minimum absolute atomic E-state index is 0.217. The van der Waals surface area contributed by atoms with Gasteiger partial charge in [0.2, 0.25) is 0 Å². The molecule has 5 nitrogen and oxygen atoms in total. The number of hydrogen-bond acceptors (Lipinski definition) is 4. The molecule has 14 heavy (non-hydrogen) atoms. The zero-order valence-corrected chi connectivity index (χ0v) is 8.45. The molecule has 0 spiro atoms. The first-order chi connectivity index (χ1) is 6.37. The van der Waals surface area contributed by atoms with Crippen LogP contribution in [0.1, 0.15) is 13.8 Å². The molecule has 0 radical (unpaired) electrons. The summed E-state index contributed by atoms with van der Waals surface area (Å²) in [5, 5.41) is 29.3. The van der Waals surface area contributed by atoms with Crippen LogP contribution >= 0.6 is 0 Å². The predicted molar refractivity (Wildman–Crippen MR) is 52.0 cm³/mol. The van der Waals surface area contributed by atoms with Crippen molar-refractivity contribution in [3.63, 3.8) is 0 Å². The Balaban J connectivity index is 3.80. The number of aliphatic carboxylic acids is 1. The van der Waals surface area contributed by atoms with Gasteiger partial charge in [-0.25, -0.2) is 4.79 Å². The number of nitrogens with one attached hydrogen (secondary N) is 1. The number of hydrogen-bond donors (Lipinski definition) is 4. The van der Waals surface area contributed by atoms with Crippen LogP contribution in [0, 0.1) is 0 Å². The van der Waals surface area contributed by atoms with Gasteiger partial charge in [0.1, 0.15) is 0 Å². The number of rotatable bonds is 6. The van der Waals surface area contributed by atoms with E-state index in [9.17, 15) is 9.90 Å². The fraction of sp³-hybridized carbons (Fsp3) is 0.667. The second-order valence-electron chi connectivity index (χ2n) is 3.59. The van der Waals surface area contributed by atoms with E-state index < -0.39 is 11.6 Å². The first-order valence-electron chi connectivity index (χ1n) is 4.31. The molecule has 0 amide bonds. The Morgan fingerprint density at radius 3 is 2.57 bits per heavy atom. The molecule has 0 aromatic carbocycles. The molecule has 0 aromatic rings. The van der Waals surface area contributed by atoms with Gasteiger partial charge in [0.15, 0.2) is 0 Å². The highest BCUT2D eigenvalue weighted by molar-refractivity contribution is 5.80. The Morgan fingerprint density at radius 2 is 2.14 bits per heavy atom. The Labute approximate surface area is 83.1 Å². The third kappa shape index (κ3) is 6.59. The van der Waals surface area contributed by atoms with Crippen LogP contribution in [0.2, 0.25) is 0 Å². The van der Waals surface area contributed by atoms with E-state index in [2.05, 4.69) is 5.32 Å². The fourth-order valence-corrected chi connectivity index (χ4v) is 0.847. The van der Waals surface area contributed by atoms with E-state index in [4.69, 9.17) is 10.2 Å². The van der Waals surface area contributed by atoms with E-state index in [1.165, 1.54) is 6.92 Å². The number of carbonyl (C=O) groups is 1. The molecule has 0 aliphatic rings. The maximum Gasteiger partial charge on any atom is 0.328 e. The van der Waals surface area contributed by atoms with E-state index in [0.29, 0.717) is 12.1 Å². The minimum Gasteiger partial charge on any atom is -0.478 e. The van der Waals surface area contributed by atoms with Crippen molar-refractivity contribution in [2.45, 2.75) is 19.4 Å². The summed E-state index contributed by atoms with van der Waals surface area (Å²) in [4.78, 5) is 10.2. The third-order valence-corrected chi connectivity index (χ3v) is 1.62. The summed E-state index contributed by atoms with van der Waals surface area (Å²) in [5.74, 6) is -0.988. The second-order valence-corrected chi connectivity index (χ2v) is 3.59. The van der Waals surface area contributed by atoms with Crippen molar-refractivity contribution >= 4 is 5.97 Å². The molecule has 5 heteroatoms. The number of aliphatic hydroxyl groups excluding tert-OH is 1. The van der Waals surface area contributed by atoms with Crippen molar-refractivity contribution < 1.29 is 20.1 Å². The van der Waals surface area contributed by atoms with Crippen LogP contribution in [-0.2, 0) is 4.79 Å². The zero-order valence-electron chi connectivity index (χ0n) is 8.45. The van der Waals surface area contributed by atoms with Crippen molar-refractivity contribution in [2.24, 2.45) is 0 Å². The Hall–Kier alpha value is -0.910. The standard InChI is InChI=1S/C9H17NO4/c1-7(3-8(12)13)4-10-5-9(2,14)6-11/h3,10-11,14H,4-6H2,1-2H3,(H,12,13). The Bertz CT molecular complexity index is 223. The van der Waals surface area contributed by atoms with Crippen LogP contribution in [0.3, 0.4) is 0 Å². The molecular weight excluding hydrogens is 186 g/mol. The van der Waals surface area contributed by atoms with Gasteiger partial charge in [-0.2, -0.15) is 0 Å². The first kappa shape index (κ1) is 13.1. The summed E-state index contributed by atoms with van der Waals surface area (Å²) >= 11 is 0. The minimum atomic E-state index is -1.16. The van der Waals surface area contributed by atoms with Crippen LogP contribution in [0.4, 0.5) is 0 Å². The van der Waals surface area contributed by atoms with Crippen LogP contribution in [0.15, 0.2) is 11.6 Å². The lowest BCUT2D eigenvalue weighted by molar-refractivity contribution is -0.131. The monoisotopic (exact) mass is 203 g/mol. The molecule has 0 aromatic heterocycles. The van der Waals surface area contributed by atoms with Crippen LogP contribution in [0.5, 0.6) is 0 Å². The summed E-state index contributed by atoms with van der Waals surface area (Å²) in [5.41, 5.74) is -0.505. The lowest BCUT2D eigenvalue weighted by Crippen LogP contribution is -2.41. The molecule has 0 aliphatic heterocycles. The lowest BCUT2D eigenvalue weighted by Gasteiger charge is -2.20. The van der Waals surface area contributed by atoms with E-state index >= 15 is 0 Å². The van der Waals surface area contributed by atoms with Gasteiger partial charge in [0.25, 0.3) is 0 Å². The third-order valence-electron chi connectivity index (χ3n) is 1.62. The van der Waals surface area contributed by atoms with Gasteiger partial charge in [0, 0.05) is 19.2 Å². The first-order valence-corrected chi connectivity index (χ1v) is 4.31. The maximum atomic E-state index is 10.2. The van der Waals surface area contributed by atoms with Crippen molar-refractivity contribution in [1.82, 2.24) is 5.32 Å². The topological polar surface area (TPSA) is 89.8 Å². The smallest absolute Gasteiger partial charge is 0.328 e. The van der Waals surface area contributed by atoms with Crippen LogP contribution in [0.25, 0.3) is 0 Å². The second kappa shape index (κ2) is 5.74. The SMILES string of the molecule is CC(=CC(=O)O)CNCC(C)(O)CO. The van der Waals surface area contributed by atoms with E-state index in [-0.39, 0.29) is 13.2 Å². The van der Waals surface area contributed by atoms with Crippen LogP contribution < -0.4 is 5.32 Å². The summed E-state index contributed by atoms with van der Waals surface area (Å²) in [7, 11) is 0. The summed E-state index contributed by atoms with van der Waals surface area (Å²) in [6, 6.07) is 0. The average Bonchev–Trinajstić information content (AvgIpc) is 2.02. The largest absolute Gasteiger partial charge is 0.478 e. The number of carboxylic acids is 1. The average molecular weight is 203 g/mol. The molecule has 0 bridgehead atoms. The maximum absolute atomic E-state index is 10.2. The van der Waals surface area contributed by atoms with Gasteiger partial charge >= 0.3 is 5.97 Å². The fourth-order valence-electron chi connectivity index (χ4n) is 0.847. The normalized spacial score (nSPS) is 16.4. The molecule has 0 rings (SSSR count). The van der Waals surface area contributed by atoms with Gasteiger partial charge in [-0.3, -0.25) is 0 Å². The molecule has 0 heterocycles. The number of carboxylic acid groups (broad SMARTS) is 1. The van der Waals surface area contributed by atoms with Gasteiger partial charge in [-0.05, 0) is 13.8 Å². The van der Waals surface area contributed by atoms with Crippen molar-refractivity contribution in [1.29, 1.82) is 0 Å².